The molecule has 0 unspecified atom stereocenters. The van der Waals surface area contributed by atoms with Crippen molar-refractivity contribution >= 4 is 0 Å². The Balaban J connectivity index is 1.59. The van der Waals surface area contributed by atoms with Gasteiger partial charge in [0.25, 0.3) is 0 Å². The Labute approximate surface area is 119 Å². The molecule has 20 heavy (non-hydrogen) atoms. The predicted molar refractivity (Wildman–Crippen MR) is 72.6 cm³/mol. The van der Waals surface area contributed by atoms with Crippen LogP contribution in [0, 0.1) is 52.8 Å². The summed E-state index contributed by atoms with van der Waals surface area (Å²) in [5.41, 5.74) is -0.605. The fourth-order valence-corrected chi connectivity index (χ4v) is 10.3. The molecule has 2 heteroatoms. The Bertz CT molecular complexity index is 560. The van der Waals surface area contributed by atoms with E-state index in [-0.39, 0.29) is 11.0 Å². The Hall–Kier alpha value is -0.0800. The van der Waals surface area contributed by atoms with Crippen LogP contribution < -0.4 is 0 Å². The van der Waals surface area contributed by atoms with Crippen LogP contribution in [0.3, 0.4) is 0 Å². The summed E-state index contributed by atoms with van der Waals surface area (Å²) in [6.45, 7) is 0. The van der Waals surface area contributed by atoms with Gasteiger partial charge in [0.15, 0.2) is 0 Å². The highest BCUT2D eigenvalue weighted by molar-refractivity contribution is 5.34. The van der Waals surface area contributed by atoms with Crippen molar-refractivity contribution in [2.24, 2.45) is 52.8 Å². The van der Waals surface area contributed by atoms with E-state index in [1.54, 1.807) is 0 Å². The Kier molecular flexibility index (Phi) is 1.35. The highest BCUT2D eigenvalue weighted by Crippen LogP contribution is 2.86. The van der Waals surface area contributed by atoms with E-state index in [2.05, 4.69) is 0 Å². The lowest BCUT2D eigenvalue weighted by atomic mass is 9.20. The second-order valence-corrected chi connectivity index (χ2v) is 9.96. The van der Waals surface area contributed by atoms with Crippen LogP contribution in [0.2, 0.25) is 0 Å². The monoisotopic (exact) mass is 272 g/mol. The molecule has 0 aliphatic heterocycles. The summed E-state index contributed by atoms with van der Waals surface area (Å²) in [5.74, 6) is 6.07. The minimum Gasteiger partial charge on any atom is -0.390 e. The highest BCUT2D eigenvalue weighted by atomic mass is 16.3. The van der Waals surface area contributed by atoms with Gasteiger partial charge in [-0.15, -0.1) is 0 Å². The molecule has 10 rings (SSSR count). The van der Waals surface area contributed by atoms with E-state index in [4.69, 9.17) is 0 Å². The maximum Gasteiger partial charge on any atom is 0.0770 e. The highest BCUT2D eigenvalue weighted by Gasteiger charge is 2.85. The third-order valence-corrected chi connectivity index (χ3v) is 9.87. The summed E-state index contributed by atoms with van der Waals surface area (Å²) in [5, 5.41) is 23.0. The Morgan fingerprint density at radius 1 is 0.750 bits per heavy atom. The molecular formula is C18H24O2. The van der Waals surface area contributed by atoms with Crippen molar-refractivity contribution in [1.29, 1.82) is 0 Å². The molecule has 2 nitrogen and oxygen atoms in total. The summed E-state index contributed by atoms with van der Waals surface area (Å²) < 4.78 is 0. The van der Waals surface area contributed by atoms with Crippen LogP contribution in [0.4, 0.5) is 0 Å². The van der Waals surface area contributed by atoms with Gasteiger partial charge in [0.1, 0.15) is 0 Å². The quantitative estimate of drug-likeness (QED) is 0.709. The summed E-state index contributed by atoms with van der Waals surface area (Å²) in [4.78, 5) is 0. The minimum atomic E-state index is -0.396. The van der Waals surface area contributed by atoms with Gasteiger partial charge in [-0.25, -0.2) is 0 Å². The molecule has 11 atom stereocenters. The third kappa shape index (κ3) is 0.728. The topological polar surface area (TPSA) is 40.5 Å². The van der Waals surface area contributed by atoms with Crippen LogP contribution in [0.1, 0.15) is 44.9 Å². The van der Waals surface area contributed by atoms with Crippen LogP contribution >= 0.6 is 0 Å². The predicted octanol–water partition coefficient (Wildman–Crippen LogP) is 2.19. The molecule has 2 N–H and O–H groups in total. The lowest BCUT2D eigenvalue weighted by molar-refractivity contribution is -0.429. The molecule has 0 aromatic heterocycles. The molecule has 11 bridgehead atoms. The first kappa shape index (κ1) is 10.6. The molecule has 10 fully saturated rings. The van der Waals surface area contributed by atoms with Crippen molar-refractivity contribution in [2.75, 3.05) is 0 Å². The molecule has 10 saturated carbocycles. The maximum atomic E-state index is 11.9. The van der Waals surface area contributed by atoms with Crippen molar-refractivity contribution in [3.8, 4) is 0 Å². The molecule has 10 aliphatic rings. The van der Waals surface area contributed by atoms with Gasteiger partial charge in [-0.05, 0) is 92.3 Å². The van der Waals surface area contributed by atoms with Crippen LogP contribution in [-0.2, 0) is 0 Å². The number of hydrogen-bond acceptors (Lipinski definition) is 2. The van der Waals surface area contributed by atoms with Crippen molar-refractivity contribution in [3.63, 3.8) is 0 Å². The van der Waals surface area contributed by atoms with Gasteiger partial charge in [-0.2, -0.15) is 0 Å². The molecule has 0 saturated heterocycles. The largest absolute Gasteiger partial charge is 0.390 e. The molecule has 108 valence electrons. The van der Waals surface area contributed by atoms with Crippen LogP contribution in [0.5, 0.6) is 0 Å². The zero-order valence-electron chi connectivity index (χ0n) is 12.0. The molecule has 0 radical (unpaired) electrons. The van der Waals surface area contributed by atoms with Gasteiger partial charge < -0.3 is 10.2 Å². The van der Waals surface area contributed by atoms with Crippen LogP contribution in [0.15, 0.2) is 0 Å². The fourth-order valence-electron chi connectivity index (χ4n) is 10.3. The van der Waals surface area contributed by atoms with Crippen molar-refractivity contribution in [2.45, 2.75) is 56.1 Å². The van der Waals surface area contributed by atoms with Gasteiger partial charge in [-0.1, -0.05) is 0 Å². The van der Waals surface area contributed by atoms with E-state index in [0.29, 0.717) is 11.8 Å². The maximum absolute atomic E-state index is 11.9. The first-order chi connectivity index (χ1) is 9.56. The molecule has 0 amide bonds. The van der Waals surface area contributed by atoms with Gasteiger partial charge in [0.05, 0.1) is 11.2 Å². The van der Waals surface area contributed by atoms with Gasteiger partial charge >= 0.3 is 0 Å². The molecular weight excluding hydrogens is 248 g/mol. The molecule has 0 heterocycles. The number of rotatable bonds is 0. The zero-order valence-corrected chi connectivity index (χ0v) is 12.0. The van der Waals surface area contributed by atoms with Crippen molar-refractivity contribution in [1.82, 2.24) is 0 Å². The average molecular weight is 272 g/mol. The molecule has 0 aromatic carbocycles. The van der Waals surface area contributed by atoms with Crippen molar-refractivity contribution in [3.05, 3.63) is 0 Å². The average Bonchev–Trinajstić information content (AvgIpc) is 2.39. The number of aliphatic hydroxyl groups is 2. The van der Waals surface area contributed by atoms with Crippen LogP contribution in [-0.4, -0.2) is 21.4 Å². The minimum absolute atomic E-state index is 0.150. The van der Waals surface area contributed by atoms with Gasteiger partial charge in [0.2, 0.25) is 0 Å². The third-order valence-electron chi connectivity index (χ3n) is 9.87. The number of hydrogen-bond donors (Lipinski definition) is 2. The summed E-state index contributed by atoms with van der Waals surface area (Å²) in [7, 11) is 0. The van der Waals surface area contributed by atoms with E-state index in [1.807, 2.05) is 0 Å². The zero-order chi connectivity index (χ0) is 13.1. The molecule has 10 aliphatic carbocycles. The van der Waals surface area contributed by atoms with Gasteiger partial charge in [-0.3, -0.25) is 0 Å². The Morgan fingerprint density at radius 3 is 2.50 bits per heavy atom. The fraction of sp³-hybridized carbons (Fsp3) is 1.00. The summed E-state index contributed by atoms with van der Waals surface area (Å²) >= 11 is 0. The first-order valence-electron chi connectivity index (χ1n) is 9.01. The normalized spacial score (nSPS) is 80.7. The van der Waals surface area contributed by atoms with E-state index in [0.717, 1.165) is 54.8 Å². The van der Waals surface area contributed by atoms with E-state index in [1.165, 1.54) is 25.7 Å². The smallest absolute Gasteiger partial charge is 0.0770 e. The van der Waals surface area contributed by atoms with Crippen molar-refractivity contribution < 1.29 is 10.2 Å². The lowest BCUT2D eigenvalue weighted by Crippen LogP contribution is -2.87. The molecule has 0 aromatic rings. The second kappa shape index (κ2) is 2.54. The lowest BCUT2D eigenvalue weighted by Gasteiger charge is -2.86. The van der Waals surface area contributed by atoms with Gasteiger partial charge in [0, 0.05) is 5.41 Å². The Morgan fingerprint density at radius 2 is 1.60 bits per heavy atom. The summed E-state index contributed by atoms with van der Waals surface area (Å²) in [6.07, 6.45) is 8.41. The second-order valence-electron chi connectivity index (χ2n) is 9.96. The van der Waals surface area contributed by atoms with E-state index >= 15 is 0 Å². The summed E-state index contributed by atoms with van der Waals surface area (Å²) in [6, 6.07) is 0. The van der Waals surface area contributed by atoms with E-state index < -0.39 is 5.60 Å². The first-order valence-corrected chi connectivity index (χ1v) is 9.01. The SMILES string of the molecule is O[C@]12C[C@@H]3[C@@H]4C[C@@H]5[C@@H]6C[C@@H]7C[C@H]5[C@@](O)([C@H]4C1)[C@](C7)(C2)[C@@H]36. The van der Waals surface area contributed by atoms with E-state index in [9.17, 15) is 10.2 Å². The molecule has 1 spiro atoms. The standard InChI is InChI=1S/C18H24O2/c19-16-5-12-10-3-9-11-1-8-2-13(9)18(20,14(10)6-16)17(4-8,7-16)15(11)12/h8-15,19-20H,1-7H2/t8-,9-,10+,11+,12-,13-,14+,15-,16-,17-,18-/m1/s1. The van der Waals surface area contributed by atoms with Crippen LogP contribution in [0.25, 0.3) is 0 Å².